The Bertz CT molecular complexity index is 696. The molecule has 0 aromatic rings. The quantitative estimate of drug-likeness (QED) is 0.478. The van der Waals surface area contributed by atoms with Gasteiger partial charge in [0.25, 0.3) is 0 Å². The SMILES string of the molecule is C[C@H](CCC[C@@H](C)[C@@H]1CC[C@@H]2[C@@H]3[C@H](O)C[C@@H]4C[C@H](O)CC[C@]4(C)[C@H]3C[C@H](O)[C@@]21C)C(=O)O. The average molecular weight is 451 g/mol. The van der Waals surface area contributed by atoms with Crippen LogP contribution in [0.25, 0.3) is 0 Å². The van der Waals surface area contributed by atoms with Crippen LogP contribution in [0.4, 0.5) is 0 Å². The van der Waals surface area contributed by atoms with E-state index in [2.05, 4.69) is 20.8 Å². The van der Waals surface area contributed by atoms with E-state index in [9.17, 15) is 25.2 Å². The molecule has 184 valence electrons. The number of hydrogen-bond acceptors (Lipinski definition) is 4. The maximum atomic E-state index is 11.6. The van der Waals surface area contributed by atoms with Gasteiger partial charge in [-0.1, -0.05) is 40.5 Å². The van der Waals surface area contributed by atoms with Crippen LogP contribution in [0.15, 0.2) is 0 Å². The number of rotatable bonds is 6. The second-order valence-electron chi connectivity index (χ2n) is 12.7. The summed E-state index contributed by atoms with van der Waals surface area (Å²) >= 11 is 0. The summed E-state index contributed by atoms with van der Waals surface area (Å²) in [5.41, 5.74) is -0.0561. The van der Waals surface area contributed by atoms with Gasteiger partial charge in [0.1, 0.15) is 0 Å². The van der Waals surface area contributed by atoms with Gasteiger partial charge in [-0.25, -0.2) is 0 Å². The number of hydrogen-bond donors (Lipinski definition) is 4. The fourth-order valence-corrected chi connectivity index (χ4v) is 9.20. The van der Waals surface area contributed by atoms with Gasteiger partial charge in [0, 0.05) is 0 Å². The fraction of sp³-hybridized carbons (Fsp3) is 0.963. The normalized spacial score (nSPS) is 50.1. The summed E-state index contributed by atoms with van der Waals surface area (Å²) in [4.78, 5) is 11.2. The van der Waals surface area contributed by atoms with Gasteiger partial charge >= 0.3 is 5.97 Å². The highest BCUT2D eigenvalue weighted by atomic mass is 16.4. The first-order valence-corrected chi connectivity index (χ1v) is 13.3. The minimum Gasteiger partial charge on any atom is -0.481 e. The molecule has 4 aliphatic carbocycles. The number of fused-ring (bicyclic) bond motifs is 5. The van der Waals surface area contributed by atoms with Crippen molar-refractivity contribution in [1.82, 2.24) is 0 Å². The third kappa shape index (κ3) is 3.84. The summed E-state index contributed by atoms with van der Waals surface area (Å²) in [7, 11) is 0. The Morgan fingerprint density at radius 3 is 2.38 bits per heavy atom. The van der Waals surface area contributed by atoms with Crippen molar-refractivity contribution in [3.05, 3.63) is 0 Å². The Kier molecular flexibility index (Phi) is 6.77. The molecule has 4 rings (SSSR count). The molecule has 5 heteroatoms. The first-order valence-electron chi connectivity index (χ1n) is 13.3. The lowest BCUT2D eigenvalue weighted by molar-refractivity contribution is -0.207. The molecule has 0 spiro atoms. The lowest BCUT2D eigenvalue weighted by Gasteiger charge is -2.63. The molecule has 0 amide bonds. The van der Waals surface area contributed by atoms with Crippen LogP contribution in [-0.2, 0) is 4.79 Å². The third-order valence-electron chi connectivity index (χ3n) is 11.2. The van der Waals surface area contributed by atoms with Crippen LogP contribution >= 0.6 is 0 Å². The molecule has 4 fully saturated rings. The Hall–Kier alpha value is -0.650. The summed E-state index contributed by atoms with van der Waals surface area (Å²) in [5.74, 6) is 1.16. The molecule has 0 unspecified atom stereocenters. The van der Waals surface area contributed by atoms with Crippen LogP contribution in [0.3, 0.4) is 0 Å². The smallest absolute Gasteiger partial charge is 0.306 e. The Labute approximate surface area is 194 Å². The molecule has 0 aromatic carbocycles. The largest absolute Gasteiger partial charge is 0.481 e. The van der Waals surface area contributed by atoms with Crippen LogP contribution in [0, 0.1) is 52.3 Å². The minimum atomic E-state index is -0.715. The molecule has 4 saturated carbocycles. The van der Waals surface area contributed by atoms with Gasteiger partial charge in [-0.05, 0) is 97.7 Å². The van der Waals surface area contributed by atoms with Crippen molar-refractivity contribution >= 4 is 5.97 Å². The standard InChI is InChI=1S/C27H46O5/c1-15(6-5-7-16(2)25(31)32)19-8-9-20-24-21(14-23(30)27(19,20)4)26(3)11-10-18(28)12-17(26)13-22(24)29/h15-24,28-30H,5-14H2,1-4H3,(H,31,32)/t15-,16-,17+,18-,19+,20-,21+,22-,23+,24+,26+,27-/m1/s1. The van der Waals surface area contributed by atoms with Gasteiger partial charge in [0.15, 0.2) is 0 Å². The number of aliphatic hydroxyl groups excluding tert-OH is 3. The number of carboxylic acids is 1. The zero-order valence-electron chi connectivity index (χ0n) is 20.5. The van der Waals surface area contributed by atoms with Crippen LogP contribution in [0.5, 0.6) is 0 Å². The summed E-state index contributed by atoms with van der Waals surface area (Å²) in [5, 5.41) is 42.4. The van der Waals surface area contributed by atoms with E-state index in [1.54, 1.807) is 6.92 Å². The number of carboxylic acid groups (broad SMARTS) is 1. The van der Waals surface area contributed by atoms with Gasteiger partial charge in [0.05, 0.1) is 24.2 Å². The molecule has 0 radical (unpaired) electrons. The van der Waals surface area contributed by atoms with Gasteiger partial charge in [0.2, 0.25) is 0 Å². The molecule has 0 saturated heterocycles. The molecular formula is C27H46O5. The summed E-state index contributed by atoms with van der Waals surface area (Å²) < 4.78 is 0. The molecule has 4 aliphatic rings. The van der Waals surface area contributed by atoms with Crippen molar-refractivity contribution in [3.8, 4) is 0 Å². The first kappa shape index (κ1) is 24.5. The van der Waals surface area contributed by atoms with E-state index in [0.29, 0.717) is 36.0 Å². The van der Waals surface area contributed by atoms with Crippen LogP contribution < -0.4 is 0 Å². The highest BCUT2D eigenvalue weighted by Gasteiger charge is 2.65. The average Bonchev–Trinajstić information content (AvgIpc) is 3.08. The van der Waals surface area contributed by atoms with Gasteiger partial charge < -0.3 is 20.4 Å². The zero-order valence-corrected chi connectivity index (χ0v) is 20.5. The number of aliphatic hydroxyl groups is 3. The van der Waals surface area contributed by atoms with E-state index in [-0.39, 0.29) is 41.0 Å². The van der Waals surface area contributed by atoms with Crippen molar-refractivity contribution in [1.29, 1.82) is 0 Å². The Morgan fingerprint density at radius 2 is 1.69 bits per heavy atom. The third-order valence-corrected chi connectivity index (χ3v) is 11.2. The molecule has 4 N–H and O–H groups in total. The second-order valence-corrected chi connectivity index (χ2v) is 12.7. The monoisotopic (exact) mass is 450 g/mol. The predicted molar refractivity (Wildman–Crippen MR) is 124 cm³/mol. The zero-order chi connectivity index (χ0) is 23.4. The molecule has 0 aromatic heterocycles. The predicted octanol–water partition coefficient (Wildman–Crippen LogP) is 4.47. The number of aliphatic carboxylic acids is 1. The van der Waals surface area contributed by atoms with Crippen LogP contribution in [0.2, 0.25) is 0 Å². The van der Waals surface area contributed by atoms with E-state index < -0.39 is 5.97 Å². The van der Waals surface area contributed by atoms with E-state index >= 15 is 0 Å². The highest BCUT2D eigenvalue weighted by molar-refractivity contribution is 5.69. The molecule has 32 heavy (non-hydrogen) atoms. The maximum Gasteiger partial charge on any atom is 0.306 e. The van der Waals surface area contributed by atoms with Crippen molar-refractivity contribution < 1.29 is 25.2 Å². The van der Waals surface area contributed by atoms with E-state index in [1.165, 1.54) is 0 Å². The van der Waals surface area contributed by atoms with Crippen molar-refractivity contribution in [3.63, 3.8) is 0 Å². The fourth-order valence-electron chi connectivity index (χ4n) is 9.20. The molecular weight excluding hydrogens is 404 g/mol. The Balaban J connectivity index is 1.51. The van der Waals surface area contributed by atoms with Crippen molar-refractivity contribution in [2.24, 2.45) is 52.3 Å². The molecule has 0 aliphatic heterocycles. The molecule has 5 nitrogen and oxygen atoms in total. The highest BCUT2D eigenvalue weighted by Crippen LogP contribution is 2.68. The topological polar surface area (TPSA) is 98.0 Å². The van der Waals surface area contributed by atoms with Gasteiger partial charge in [-0.2, -0.15) is 0 Å². The van der Waals surface area contributed by atoms with Gasteiger partial charge in [-0.15, -0.1) is 0 Å². The molecule has 0 heterocycles. The van der Waals surface area contributed by atoms with Crippen molar-refractivity contribution in [2.45, 2.75) is 110 Å². The summed E-state index contributed by atoms with van der Waals surface area (Å²) in [6, 6.07) is 0. The lowest BCUT2D eigenvalue weighted by Crippen LogP contribution is -2.62. The molecule has 0 bridgehead atoms. The van der Waals surface area contributed by atoms with Crippen LogP contribution in [0.1, 0.15) is 91.9 Å². The Morgan fingerprint density at radius 1 is 0.969 bits per heavy atom. The molecule has 12 atom stereocenters. The number of carbonyl (C=O) groups is 1. The maximum absolute atomic E-state index is 11.6. The summed E-state index contributed by atoms with van der Waals surface area (Å²) in [6.07, 6.45) is 8.11. The summed E-state index contributed by atoms with van der Waals surface area (Å²) in [6.45, 7) is 8.74. The van der Waals surface area contributed by atoms with Crippen LogP contribution in [-0.4, -0.2) is 44.7 Å². The van der Waals surface area contributed by atoms with E-state index in [0.717, 1.165) is 57.8 Å². The lowest BCUT2D eigenvalue weighted by atomic mass is 9.43. The van der Waals surface area contributed by atoms with Gasteiger partial charge in [-0.3, -0.25) is 4.79 Å². The van der Waals surface area contributed by atoms with E-state index in [4.69, 9.17) is 0 Å². The first-order chi connectivity index (χ1) is 15.0. The minimum absolute atomic E-state index is 0.113. The second kappa shape index (κ2) is 8.85. The van der Waals surface area contributed by atoms with E-state index in [1.807, 2.05) is 0 Å². The van der Waals surface area contributed by atoms with Crippen molar-refractivity contribution in [2.75, 3.05) is 0 Å².